The molecule has 3 rings (SSSR count). The lowest BCUT2D eigenvalue weighted by atomic mass is 10.1. The maximum atomic E-state index is 12.4. The standard InChI is InChI=1S/C22H36N4O2S/c1-4-23-21(26-14-15-29(27,28)22(2,3)18-26)24-16-19-10-6-7-11-20(19)17-25-12-8-5-9-13-25/h6-7,10-11H,4-5,8-9,12-18H2,1-3H3,(H,23,24). The first kappa shape index (κ1) is 22.1. The van der Waals surface area contributed by atoms with E-state index in [1.165, 1.54) is 43.5 Å². The topological polar surface area (TPSA) is 65.0 Å². The Morgan fingerprint density at radius 2 is 1.79 bits per heavy atom. The third-order valence-electron chi connectivity index (χ3n) is 6.04. The van der Waals surface area contributed by atoms with Gasteiger partial charge >= 0.3 is 0 Å². The Bertz CT molecular complexity index is 814. The average Bonchev–Trinajstić information content (AvgIpc) is 2.69. The average molecular weight is 421 g/mol. The first-order chi connectivity index (χ1) is 13.8. The fraction of sp³-hybridized carbons (Fsp3) is 0.682. The van der Waals surface area contributed by atoms with Crippen molar-refractivity contribution in [3.05, 3.63) is 35.4 Å². The van der Waals surface area contributed by atoms with Crippen LogP contribution in [0.15, 0.2) is 29.3 Å². The molecular formula is C22H36N4O2S. The van der Waals surface area contributed by atoms with Crippen molar-refractivity contribution < 1.29 is 8.42 Å². The molecule has 0 atom stereocenters. The molecule has 0 radical (unpaired) electrons. The second-order valence-electron chi connectivity index (χ2n) is 8.78. The predicted molar refractivity (Wildman–Crippen MR) is 120 cm³/mol. The molecule has 2 heterocycles. The summed E-state index contributed by atoms with van der Waals surface area (Å²) < 4.78 is 23.9. The number of piperidine rings is 1. The number of aliphatic imine (C=N–C) groups is 1. The second-order valence-corrected chi connectivity index (χ2v) is 11.5. The van der Waals surface area contributed by atoms with E-state index in [4.69, 9.17) is 4.99 Å². The normalized spacial score (nSPS) is 22.4. The van der Waals surface area contributed by atoms with Crippen LogP contribution in [-0.4, -0.2) is 67.4 Å². The van der Waals surface area contributed by atoms with Gasteiger partial charge in [-0.1, -0.05) is 30.7 Å². The van der Waals surface area contributed by atoms with Crippen LogP contribution in [0.4, 0.5) is 0 Å². The lowest BCUT2D eigenvalue weighted by molar-refractivity contribution is 0.220. The van der Waals surface area contributed by atoms with Crippen molar-refractivity contribution in [2.24, 2.45) is 4.99 Å². The molecule has 0 aliphatic carbocycles. The third kappa shape index (κ3) is 5.51. The first-order valence-corrected chi connectivity index (χ1v) is 12.5. The Balaban J connectivity index is 1.74. The molecule has 1 N–H and O–H groups in total. The molecule has 0 unspecified atom stereocenters. The summed E-state index contributed by atoms with van der Waals surface area (Å²) in [5, 5.41) is 3.36. The van der Waals surface area contributed by atoms with Crippen LogP contribution < -0.4 is 5.32 Å². The number of sulfone groups is 1. The summed E-state index contributed by atoms with van der Waals surface area (Å²) in [5.74, 6) is 0.985. The summed E-state index contributed by atoms with van der Waals surface area (Å²) in [6.45, 7) is 11.3. The van der Waals surface area contributed by atoms with Gasteiger partial charge in [0.2, 0.25) is 0 Å². The molecule has 7 heteroatoms. The number of nitrogens with zero attached hydrogens (tertiary/aromatic N) is 3. The maximum absolute atomic E-state index is 12.4. The van der Waals surface area contributed by atoms with Gasteiger partial charge in [0, 0.05) is 26.2 Å². The van der Waals surface area contributed by atoms with Gasteiger partial charge in [0.05, 0.1) is 17.0 Å². The van der Waals surface area contributed by atoms with Gasteiger partial charge in [-0.05, 0) is 57.8 Å². The Kier molecular flexibility index (Phi) is 7.22. The molecule has 2 fully saturated rings. The smallest absolute Gasteiger partial charge is 0.194 e. The molecule has 0 bridgehead atoms. The molecule has 29 heavy (non-hydrogen) atoms. The molecule has 2 saturated heterocycles. The Morgan fingerprint density at radius 1 is 1.10 bits per heavy atom. The van der Waals surface area contributed by atoms with Crippen LogP contribution in [-0.2, 0) is 22.9 Å². The van der Waals surface area contributed by atoms with Gasteiger partial charge in [0.1, 0.15) is 0 Å². The number of benzene rings is 1. The van der Waals surface area contributed by atoms with Crippen LogP contribution in [0.3, 0.4) is 0 Å². The fourth-order valence-electron chi connectivity index (χ4n) is 4.13. The quantitative estimate of drug-likeness (QED) is 0.586. The fourth-order valence-corrected chi connectivity index (χ4v) is 5.50. The molecule has 1 aromatic rings. The monoisotopic (exact) mass is 420 g/mol. The van der Waals surface area contributed by atoms with Gasteiger partial charge in [0.25, 0.3) is 0 Å². The number of guanidine groups is 1. The minimum Gasteiger partial charge on any atom is -0.357 e. The Hall–Kier alpha value is -1.60. The zero-order valence-corrected chi connectivity index (χ0v) is 19.0. The van der Waals surface area contributed by atoms with Gasteiger partial charge in [-0.2, -0.15) is 0 Å². The molecular weight excluding hydrogens is 384 g/mol. The summed E-state index contributed by atoms with van der Waals surface area (Å²) in [4.78, 5) is 9.52. The third-order valence-corrected chi connectivity index (χ3v) is 8.57. The van der Waals surface area contributed by atoms with E-state index in [-0.39, 0.29) is 5.75 Å². The van der Waals surface area contributed by atoms with Crippen LogP contribution in [0.2, 0.25) is 0 Å². The summed E-state index contributed by atoms with van der Waals surface area (Å²) in [6.07, 6.45) is 3.92. The van der Waals surface area contributed by atoms with E-state index < -0.39 is 14.6 Å². The van der Waals surface area contributed by atoms with E-state index in [2.05, 4.69) is 39.4 Å². The van der Waals surface area contributed by atoms with Crippen molar-refractivity contribution in [2.75, 3.05) is 38.5 Å². The predicted octanol–water partition coefficient (Wildman–Crippen LogP) is 2.65. The van der Waals surface area contributed by atoms with Gasteiger partial charge < -0.3 is 10.2 Å². The molecule has 1 aromatic carbocycles. The summed E-state index contributed by atoms with van der Waals surface area (Å²) in [5.41, 5.74) is 2.59. The lowest BCUT2D eigenvalue weighted by Crippen LogP contribution is -2.57. The van der Waals surface area contributed by atoms with Crippen LogP contribution in [0.1, 0.15) is 51.2 Å². The van der Waals surface area contributed by atoms with Crippen molar-refractivity contribution in [2.45, 2.75) is 57.9 Å². The second kappa shape index (κ2) is 9.47. The Labute approximate surface area is 176 Å². The highest BCUT2D eigenvalue weighted by molar-refractivity contribution is 7.92. The van der Waals surface area contributed by atoms with Gasteiger partial charge in [0.15, 0.2) is 15.8 Å². The van der Waals surface area contributed by atoms with Gasteiger partial charge in [-0.3, -0.25) is 4.90 Å². The van der Waals surface area contributed by atoms with Crippen molar-refractivity contribution in [1.29, 1.82) is 0 Å². The van der Waals surface area contributed by atoms with Crippen molar-refractivity contribution >= 4 is 15.8 Å². The van der Waals surface area contributed by atoms with E-state index in [1.54, 1.807) is 0 Å². The number of likely N-dealkylation sites (tertiary alicyclic amines) is 1. The molecule has 2 aliphatic rings. The highest BCUT2D eigenvalue weighted by Gasteiger charge is 2.40. The zero-order chi connectivity index (χ0) is 20.9. The van der Waals surface area contributed by atoms with Gasteiger partial charge in [-0.25, -0.2) is 13.4 Å². The minimum atomic E-state index is -3.06. The lowest BCUT2D eigenvalue weighted by Gasteiger charge is -2.39. The number of hydrogen-bond donors (Lipinski definition) is 1. The molecule has 0 amide bonds. The van der Waals surface area contributed by atoms with Crippen molar-refractivity contribution in [3.63, 3.8) is 0 Å². The SMILES string of the molecule is CCNC(=NCc1ccccc1CN1CCCCC1)N1CCS(=O)(=O)C(C)(C)C1. The van der Waals surface area contributed by atoms with E-state index in [1.807, 2.05) is 20.8 Å². The number of rotatable bonds is 5. The highest BCUT2D eigenvalue weighted by Crippen LogP contribution is 2.24. The van der Waals surface area contributed by atoms with Crippen molar-refractivity contribution in [3.8, 4) is 0 Å². The minimum absolute atomic E-state index is 0.177. The van der Waals surface area contributed by atoms with Gasteiger partial charge in [-0.15, -0.1) is 0 Å². The molecule has 0 saturated carbocycles. The van der Waals surface area contributed by atoms with Crippen LogP contribution >= 0.6 is 0 Å². The number of hydrogen-bond acceptors (Lipinski definition) is 4. The summed E-state index contributed by atoms with van der Waals surface area (Å²) in [7, 11) is -3.06. The Morgan fingerprint density at radius 3 is 2.45 bits per heavy atom. The summed E-state index contributed by atoms with van der Waals surface area (Å²) >= 11 is 0. The first-order valence-electron chi connectivity index (χ1n) is 10.9. The van der Waals surface area contributed by atoms with E-state index in [0.29, 0.717) is 19.6 Å². The summed E-state index contributed by atoms with van der Waals surface area (Å²) in [6, 6.07) is 8.56. The molecule has 6 nitrogen and oxygen atoms in total. The molecule has 0 aromatic heterocycles. The maximum Gasteiger partial charge on any atom is 0.194 e. The molecule has 2 aliphatic heterocycles. The van der Waals surface area contributed by atoms with E-state index in [0.717, 1.165) is 19.0 Å². The van der Waals surface area contributed by atoms with Crippen LogP contribution in [0.25, 0.3) is 0 Å². The largest absolute Gasteiger partial charge is 0.357 e. The highest BCUT2D eigenvalue weighted by atomic mass is 32.2. The molecule has 0 spiro atoms. The van der Waals surface area contributed by atoms with Crippen molar-refractivity contribution in [1.82, 2.24) is 15.1 Å². The van der Waals surface area contributed by atoms with E-state index >= 15 is 0 Å². The van der Waals surface area contributed by atoms with Crippen LogP contribution in [0, 0.1) is 0 Å². The van der Waals surface area contributed by atoms with E-state index in [9.17, 15) is 8.42 Å². The van der Waals surface area contributed by atoms with Crippen LogP contribution in [0.5, 0.6) is 0 Å². The zero-order valence-electron chi connectivity index (χ0n) is 18.2. The number of nitrogens with one attached hydrogen (secondary N) is 1. The molecule has 162 valence electrons.